The van der Waals surface area contributed by atoms with E-state index in [0.29, 0.717) is 6.42 Å². The highest BCUT2D eigenvalue weighted by Gasteiger charge is 2.12. The molecule has 0 fully saturated rings. The van der Waals surface area contributed by atoms with Crippen LogP contribution in [0.15, 0.2) is 30.5 Å². The van der Waals surface area contributed by atoms with Gasteiger partial charge in [-0.3, -0.25) is 4.79 Å². The fourth-order valence-electron chi connectivity index (χ4n) is 1.64. The van der Waals surface area contributed by atoms with Crippen LogP contribution in [0.2, 0.25) is 0 Å². The Bertz CT molecular complexity index is 495. The summed E-state index contributed by atoms with van der Waals surface area (Å²) in [6.45, 7) is 0. The smallest absolute Gasteiger partial charge is 0.234 e. The number of primary amides is 1. The maximum atomic E-state index is 10.8. The number of halogens is 1. The third-order valence-electron chi connectivity index (χ3n) is 2.48. The molecule has 0 saturated carbocycles. The molecule has 0 aliphatic heterocycles. The fraction of sp³-hybridized carbons (Fsp3) is 0.182. The molecular weight excluding hydrogens is 226 g/mol. The second-order valence-electron chi connectivity index (χ2n) is 3.57. The lowest BCUT2D eigenvalue weighted by Crippen LogP contribution is -2.38. The molecule has 4 nitrogen and oxygen atoms in total. The van der Waals surface area contributed by atoms with Crippen LogP contribution >= 0.6 is 12.4 Å². The molecular formula is C11H14ClN3O. The van der Waals surface area contributed by atoms with Crippen molar-refractivity contribution in [3.63, 3.8) is 0 Å². The van der Waals surface area contributed by atoms with E-state index in [0.717, 1.165) is 16.5 Å². The fourth-order valence-corrected chi connectivity index (χ4v) is 1.64. The molecule has 0 unspecified atom stereocenters. The van der Waals surface area contributed by atoms with Gasteiger partial charge in [-0.2, -0.15) is 0 Å². The van der Waals surface area contributed by atoms with Crippen LogP contribution in [0.1, 0.15) is 5.56 Å². The number of nitrogens with two attached hydrogens (primary N) is 2. The Morgan fingerprint density at radius 1 is 1.38 bits per heavy atom. The highest BCUT2D eigenvalue weighted by Crippen LogP contribution is 2.18. The molecule has 0 aliphatic carbocycles. The Balaban J connectivity index is 0.00000128. The third kappa shape index (κ3) is 2.35. The average molecular weight is 240 g/mol. The van der Waals surface area contributed by atoms with E-state index in [-0.39, 0.29) is 12.4 Å². The molecule has 1 aromatic carbocycles. The molecule has 5 N–H and O–H groups in total. The summed E-state index contributed by atoms with van der Waals surface area (Å²) in [5.41, 5.74) is 12.8. The predicted octanol–water partition coefficient (Wildman–Crippen LogP) is 0.945. The van der Waals surface area contributed by atoms with Gasteiger partial charge in [0.1, 0.15) is 0 Å². The number of rotatable bonds is 3. The molecule has 0 bridgehead atoms. The van der Waals surface area contributed by atoms with Crippen LogP contribution in [0.25, 0.3) is 10.9 Å². The first-order valence-electron chi connectivity index (χ1n) is 4.78. The lowest BCUT2D eigenvalue weighted by molar-refractivity contribution is -0.119. The van der Waals surface area contributed by atoms with E-state index in [2.05, 4.69) is 4.98 Å². The van der Waals surface area contributed by atoms with E-state index in [4.69, 9.17) is 11.5 Å². The second-order valence-corrected chi connectivity index (χ2v) is 3.57. The first-order chi connectivity index (χ1) is 7.18. The van der Waals surface area contributed by atoms with Crippen molar-refractivity contribution in [2.75, 3.05) is 0 Å². The van der Waals surface area contributed by atoms with Crippen molar-refractivity contribution < 1.29 is 4.79 Å². The maximum Gasteiger partial charge on any atom is 0.234 e. The summed E-state index contributed by atoms with van der Waals surface area (Å²) >= 11 is 0. The van der Waals surface area contributed by atoms with Gasteiger partial charge in [-0.05, 0) is 18.1 Å². The number of nitrogens with one attached hydrogen (secondary N) is 1. The highest BCUT2D eigenvalue weighted by molar-refractivity contribution is 5.85. The summed E-state index contributed by atoms with van der Waals surface area (Å²) in [5, 5.41) is 1.09. The summed E-state index contributed by atoms with van der Waals surface area (Å²) in [5.74, 6) is -0.472. The van der Waals surface area contributed by atoms with Crippen molar-refractivity contribution in [2.45, 2.75) is 12.5 Å². The minimum atomic E-state index is -0.621. The number of carbonyl (C=O) groups is 1. The zero-order valence-electron chi connectivity index (χ0n) is 8.64. The SMILES string of the molecule is Cl.NC(=O)[C@@H](N)Cc1c[nH]c2ccccc12. The standard InChI is InChI=1S/C11H13N3O.ClH/c12-9(11(13)15)5-7-6-14-10-4-2-1-3-8(7)10;/h1-4,6,9,14H,5,12H2,(H2,13,15);1H/t9-;/m0./s1. The molecule has 1 heterocycles. The van der Waals surface area contributed by atoms with Crippen molar-refractivity contribution in [1.29, 1.82) is 0 Å². The molecule has 1 atom stereocenters. The Morgan fingerprint density at radius 2 is 2.06 bits per heavy atom. The maximum absolute atomic E-state index is 10.8. The van der Waals surface area contributed by atoms with Gasteiger partial charge in [0.15, 0.2) is 0 Å². The van der Waals surface area contributed by atoms with Gasteiger partial charge >= 0.3 is 0 Å². The van der Waals surface area contributed by atoms with E-state index >= 15 is 0 Å². The van der Waals surface area contributed by atoms with Gasteiger partial charge in [0, 0.05) is 17.1 Å². The lowest BCUT2D eigenvalue weighted by atomic mass is 10.1. The van der Waals surface area contributed by atoms with Crippen molar-refractivity contribution in [2.24, 2.45) is 11.5 Å². The Kier molecular flexibility index (Phi) is 3.93. The van der Waals surface area contributed by atoms with Gasteiger partial charge < -0.3 is 16.5 Å². The summed E-state index contributed by atoms with van der Waals surface area (Å²) in [6, 6.07) is 7.26. The van der Waals surface area contributed by atoms with Crippen LogP contribution in [0, 0.1) is 0 Å². The number of amides is 1. The van der Waals surface area contributed by atoms with E-state index in [1.165, 1.54) is 0 Å². The molecule has 0 radical (unpaired) electrons. The summed E-state index contributed by atoms with van der Waals surface area (Å²) in [4.78, 5) is 14.0. The van der Waals surface area contributed by atoms with E-state index < -0.39 is 11.9 Å². The van der Waals surface area contributed by atoms with Crippen LogP contribution in [-0.4, -0.2) is 16.9 Å². The summed E-state index contributed by atoms with van der Waals surface area (Å²) < 4.78 is 0. The quantitative estimate of drug-likeness (QED) is 0.745. The number of hydrogen-bond acceptors (Lipinski definition) is 2. The van der Waals surface area contributed by atoms with Crippen molar-refractivity contribution in [3.8, 4) is 0 Å². The molecule has 1 amide bonds. The van der Waals surface area contributed by atoms with Gasteiger partial charge in [-0.15, -0.1) is 12.4 Å². The second kappa shape index (κ2) is 5.01. The lowest BCUT2D eigenvalue weighted by Gasteiger charge is -2.05. The van der Waals surface area contributed by atoms with E-state index in [1.807, 2.05) is 30.5 Å². The molecule has 1 aromatic heterocycles. The minimum absolute atomic E-state index is 0. The normalized spacial score (nSPS) is 12.1. The molecule has 0 saturated heterocycles. The monoisotopic (exact) mass is 239 g/mol. The van der Waals surface area contributed by atoms with E-state index in [1.54, 1.807) is 0 Å². The Morgan fingerprint density at radius 3 is 2.75 bits per heavy atom. The highest BCUT2D eigenvalue weighted by atomic mass is 35.5. The number of carbonyl (C=O) groups excluding carboxylic acids is 1. The molecule has 16 heavy (non-hydrogen) atoms. The number of hydrogen-bond donors (Lipinski definition) is 3. The third-order valence-corrected chi connectivity index (χ3v) is 2.48. The zero-order valence-corrected chi connectivity index (χ0v) is 9.46. The first kappa shape index (κ1) is 12.5. The number of H-pyrrole nitrogens is 1. The number of aromatic amines is 1. The van der Waals surface area contributed by atoms with Crippen LogP contribution in [-0.2, 0) is 11.2 Å². The molecule has 86 valence electrons. The van der Waals surface area contributed by atoms with Crippen molar-refractivity contribution >= 4 is 29.2 Å². The molecule has 2 rings (SSSR count). The van der Waals surface area contributed by atoms with Crippen LogP contribution in [0.4, 0.5) is 0 Å². The molecule has 5 heteroatoms. The van der Waals surface area contributed by atoms with Gasteiger partial charge in [-0.1, -0.05) is 18.2 Å². The van der Waals surface area contributed by atoms with E-state index in [9.17, 15) is 4.79 Å². The van der Waals surface area contributed by atoms with Gasteiger partial charge in [0.05, 0.1) is 6.04 Å². The molecule has 0 spiro atoms. The Hall–Kier alpha value is -1.52. The number of fused-ring (bicyclic) bond motifs is 1. The summed E-state index contributed by atoms with van der Waals surface area (Å²) in [7, 11) is 0. The summed E-state index contributed by atoms with van der Waals surface area (Å²) in [6.07, 6.45) is 2.34. The number of benzene rings is 1. The predicted molar refractivity (Wildman–Crippen MR) is 66.4 cm³/mol. The minimum Gasteiger partial charge on any atom is -0.368 e. The number of aromatic nitrogens is 1. The largest absolute Gasteiger partial charge is 0.368 e. The van der Waals surface area contributed by atoms with Crippen LogP contribution in [0.5, 0.6) is 0 Å². The van der Waals surface area contributed by atoms with Gasteiger partial charge in [0.25, 0.3) is 0 Å². The topological polar surface area (TPSA) is 84.9 Å². The first-order valence-corrected chi connectivity index (χ1v) is 4.78. The van der Waals surface area contributed by atoms with Crippen LogP contribution in [0.3, 0.4) is 0 Å². The average Bonchev–Trinajstić information content (AvgIpc) is 2.62. The van der Waals surface area contributed by atoms with Gasteiger partial charge in [-0.25, -0.2) is 0 Å². The number of para-hydroxylation sites is 1. The Labute approximate surface area is 99.4 Å². The molecule has 2 aromatic rings. The van der Waals surface area contributed by atoms with Crippen LogP contribution < -0.4 is 11.5 Å². The van der Waals surface area contributed by atoms with Gasteiger partial charge in [0.2, 0.25) is 5.91 Å². The van der Waals surface area contributed by atoms with Crippen molar-refractivity contribution in [3.05, 3.63) is 36.0 Å². The van der Waals surface area contributed by atoms with Crippen molar-refractivity contribution in [1.82, 2.24) is 4.98 Å². The zero-order chi connectivity index (χ0) is 10.8. The molecule has 0 aliphatic rings.